The third-order valence-electron chi connectivity index (χ3n) is 4.09. The number of thiazole rings is 1. The van der Waals surface area contributed by atoms with E-state index in [1.54, 1.807) is 27.7 Å². The lowest BCUT2D eigenvalue weighted by Crippen LogP contribution is -2.41. The Kier molecular flexibility index (Phi) is 5.48. The Morgan fingerprint density at radius 3 is 2.48 bits per heavy atom. The van der Waals surface area contributed by atoms with Gasteiger partial charge in [0.05, 0.1) is 10.7 Å². The molecule has 1 N–H and O–H groups in total. The number of hydrogen-bond donors (Lipinski definition) is 1. The molecule has 0 aliphatic carbocycles. The Labute approximate surface area is 141 Å². The number of nitrogens with one attached hydrogen (secondary N) is 1. The molecule has 0 bridgehead atoms. The summed E-state index contributed by atoms with van der Waals surface area (Å²) in [5, 5.41) is 0.664. The van der Waals surface area contributed by atoms with Gasteiger partial charge in [-0.1, -0.05) is 13.8 Å². The summed E-state index contributed by atoms with van der Waals surface area (Å²) in [5.41, 5.74) is -0.321. The van der Waals surface area contributed by atoms with Gasteiger partial charge in [-0.2, -0.15) is 0 Å². The van der Waals surface area contributed by atoms with Crippen molar-refractivity contribution in [2.75, 3.05) is 13.2 Å². The second-order valence-electron chi connectivity index (χ2n) is 6.68. The molecule has 23 heavy (non-hydrogen) atoms. The first-order valence-electron chi connectivity index (χ1n) is 7.71. The zero-order valence-corrected chi connectivity index (χ0v) is 15.6. The van der Waals surface area contributed by atoms with Crippen LogP contribution in [-0.2, 0) is 19.6 Å². The van der Waals surface area contributed by atoms with E-state index in [2.05, 4.69) is 9.71 Å². The molecule has 1 aliphatic heterocycles. The number of ether oxygens (including phenoxy) is 1. The topological polar surface area (TPSA) is 85.4 Å². The van der Waals surface area contributed by atoms with Crippen LogP contribution in [0.15, 0.2) is 4.21 Å². The molecule has 0 unspecified atom stereocenters. The average molecular weight is 361 g/mol. The van der Waals surface area contributed by atoms with Crippen molar-refractivity contribution in [1.82, 2.24) is 9.71 Å². The lowest BCUT2D eigenvalue weighted by molar-refractivity contribution is -0.128. The lowest BCUT2D eigenvalue weighted by atomic mass is 9.79. The van der Waals surface area contributed by atoms with E-state index in [-0.39, 0.29) is 4.21 Å². The summed E-state index contributed by atoms with van der Waals surface area (Å²) in [6.45, 7) is 8.37. The number of hydrogen-bond acceptors (Lipinski definition) is 6. The van der Waals surface area contributed by atoms with Crippen molar-refractivity contribution >= 4 is 27.3 Å². The smallest absolute Gasteiger partial charge is 0.275 e. The molecule has 2 rings (SSSR count). The van der Waals surface area contributed by atoms with Gasteiger partial charge in [0.2, 0.25) is 5.91 Å². The molecule has 0 aromatic carbocycles. The van der Waals surface area contributed by atoms with Crippen LogP contribution in [-0.4, -0.2) is 32.5 Å². The second-order valence-corrected chi connectivity index (χ2v) is 9.76. The molecule has 8 heteroatoms. The highest BCUT2D eigenvalue weighted by Crippen LogP contribution is 2.32. The zero-order valence-electron chi connectivity index (χ0n) is 14.0. The highest BCUT2D eigenvalue weighted by molar-refractivity contribution is 7.92. The van der Waals surface area contributed by atoms with Crippen LogP contribution >= 0.6 is 11.3 Å². The van der Waals surface area contributed by atoms with Gasteiger partial charge in [0, 0.05) is 18.6 Å². The van der Waals surface area contributed by atoms with Gasteiger partial charge in [-0.3, -0.25) is 4.79 Å². The number of rotatable bonds is 5. The number of aromatic nitrogens is 1. The molecule has 1 saturated heterocycles. The maximum Gasteiger partial charge on any atom is 0.275 e. The van der Waals surface area contributed by atoms with Crippen LogP contribution in [0.4, 0.5) is 0 Å². The molecule has 1 amide bonds. The third kappa shape index (κ3) is 4.51. The first kappa shape index (κ1) is 18.4. The Hall–Kier alpha value is -0.990. The van der Waals surface area contributed by atoms with Crippen molar-refractivity contribution in [3.05, 3.63) is 10.7 Å². The van der Waals surface area contributed by atoms with Crippen molar-refractivity contribution in [1.29, 1.82) is 0 Å². The van der Waals surface area contributed by atoms with Crippen LogP contribution in [0.2, 0.25) is 0 Å². The van der Waals surface area contributed by atoms with Gasteiger partial charge in [0.15, 0.2) is 4.21 Å². The zero-order chi connectivity index (χ0) is 17.3. The van der Waals surface area contributed by atoms with Crippen LogP contribution < -0.4 is 4.72 Å². The highest BCUT2D eigenvalue weighted by atomic mass is 32.2. The molecule has 1 aliphatic rings. The Morgan fingerprint density at radius 1 is 1.35 bits per heavy atom. The van der Waals surface area contributed by atoms with E-state index in [1.807, 2.05) is 0 Å². The largest absolute Gasteiger partial charge is 0.381 e. The minimum atomic E-state index is -3.86. The first-order valence-corrected chi connectivity index (χ1v) is 10.0. The Morgan fingerprint density at radius 2 is 1.96 bits per heavy atom. The predicted molar refractivity (Wildman–Crippen MR) is 88.9 cm³/mol. The molecular weight excluding hydrogens is 336 g/mol. The molecule has 6 nitrogen and oxygen atoms in total. The number of sulfonamides is 1. The quantitative estimate of drug-likeness (QED) is 0.871. The molecule has 0 atom stereocenters. The van der Waals surface area contributed by atoms with Gasteiger partial charge in [-0.25, -0.2) is 18.1 Å². The van der Waals surface area contributed by atoms with Crippen LogP contribution in [0, 0.1) is 25.2 Å². The third-order valence-corrected chi connectivity index (χ3v) is 7.10. The molecule has 0 spiro atoms. The van der Waals surface area contributed by atoms with Crippen LogP contribution in [0.25, 0.3) is 0 Å². The molecule has 2 heterocycles. The van der Waals surface area contributed by atoms with E-state index >= 15 is 0 Å². The van der Waals surface area contributed by atoms with E-state index < -0.39 is 21.3 Å². The van der Waals surface area contributed by atoms with Crippen molar-refractivity contribution in [3.63, 3.8) is 0 Å². The number of carbonyl (C=O) groups is 1. The molecule has 1 fully saturated rings. The van der Waals surface area contributed by atoms with Crippen molar-refractivity contribution in [2.45, 2.75) is 51.2 Å². The average Bonchev–Trinajstić information content (AvgIpc) is 2.78. The lowest BCUT2D eigenvalue weighted by Gasteiger charge is -2.30. The first-order chi connectivity index (χ1) is 10.6. The summed E-state index contributed by atoms with van der Waals surface area (Å²) in [6, 6.07) is 0. The van der Waals surface area contributed by atoms with Crippen LogP contribution in [0.3, 0.4) is 0 Å². The van der Waals surface area contributed by atoms with E-state index in [4.69, 9.17) is 4.74 Å². The van der Waals surface area contributed by atoms with Crippen LogP contribution in [0.1, 0.15) is 43.8 Å². The summed E-state index contributed by atoms with van der Waals surface area (Å²) in [5.74, 6) is -0.0750. The van der Waals surface area contributed by atoms with Gasteiger partial charge in [-0.05, 0) is 39.0 Å². The number of aryl methyl sites for hydroxylation is 2. The molecule has 130 valence electrons. The van der Waals surface area contributed by atoms with Gasteiger partial charge < -0.3 is 4.74 Å². The fourth-order valence-corrected chi connectivity index (χ4v) is 5.45. The van der Waals surface area contributed by atoms with Gasteiger partial charge in [0.1, 0.15) is 0 Å². The minimum Gasteiger partial charge on any atom is -0.381 e. The van der Waals surface area contributed by atoms with E-state index in [0.717, 1.165) is 24.2 Å². The molecule has 0 saturated carbocycles. The molecule has 0 radical (unpaired) electrons. The van der Waals surface area contributed by atoms with Crippen molar-refractivity contribution in [2.24, 2.45) is 11.3 Å². The number of nitrogens with zero attached hydrogens (tertiary/aromatic N) is 1. The van der Waals surface area contributed by atoms with Gasteiger partial charge in [0.25, 0.3) is 10.0 Å². The monoisotopic (exact) mass is 360 g/mol. The number of amides is 1. The van der Waals surface area contributed by atoms with E-state index in [0.29, 0.717) is 36.3 Å². The predicted octanol–water partition coefficient (Wildman–Crippen LogP) is 2.41. The minimum absolute atomic E-state index is 0.116. The SMILES string of the molecule is Cc1nc(C)c(S(=O)(=O)NC(=O)C(C)(C)CC2CCOCC2)s1. The summed E-state index contributed by atoms with van der Waals surface area (Å²) in [4.78, 5) is 16.6. The van der Waals surface area contributed by atoms with Crippen molar-refractivity contribution < 1.29 is 17.9 Å². The van der Waals surface area contributed by atoms with E-state index in [9.17, 15) is 13.2 Å². The summed E-state index contributed by atoms with van der Waals surface area (Å²) < 4.78 is 32.5. The second kappa shape index (κ2) is 6.86. The van der Waals surface area contributed by atoms with Gasteiger partial charge in [-0.15, -0.1) is 11.3 Å². The summed E-state index contributed by atoms with van der Waals surface area (Å²) in [7, 11) is -3.86. The molecule has 1 aromatic rings. The molecule has 1 aromatic heterocycles. The summed E-state index contributed by atoms with van der Waals surface area (Å²) in [6.07, 6.45) is 2.48. The van der Waals surface area contributed by atoms with Crippen molar-refractivity contribution in [3.8, 4) is 0 Å². The highest BCUT2D eigenvalue weighted by Gasteiger charge is 2.35. The van der Waals surface area contributed by atoms with Crippen LogP contribution in [0.5, 0.6) is 0 Å². The molecular formula is C15H24N2O4S2. The summed E-state index contributed by atoms with van der Waals surface area (Å²) >= 11 is 1.08. The fourth-order valence-electron chi connectivity index (χ4n) is 2.83. The van der Waals surface area contributed by atoms with E-state index in [1.165, 1.54) is 0 Å². The normalized spacial score (nSPS) is 17.2. The Bertz CT molecular complexity index is 674. The Balaban J connectivity index is 2.08. The standard InChI is InChI=1S/C15H24N2O4S2/c1-10-13(22-11(2)16-10)23(19,20)17-14(18)15(3,4)9-12-5-7-21-8-6-12/h12H,5-9H2,1-4H3,(H,17,18). The van der Waals surface area contributed by atoms with Gasteiger partial charge >= 0.3 is 0 Å². The maximum atomic E-state index is 12.5. The fraction of sp³-hybridized carbons (Fsp3) is 0.733. The number of carbonyl (C=O) groups excluding carboxylic acids is 1. The maximum absolute atomic E-state index is 12.5.